The van der Waals surface area contributed by atoms with Crippen LogP contribution in [0.3, 0.4) is 0 Å². The van der Waals surface area contributed by atoms with Crippen LogP contribution < -0.4 is 11.5 Å². The van der Waals surface area contributed by atoms with Gasteiger partial charge in [0.05, 0.1) is 55.5 Å². The maximum atomic E-state index is 15.7. The van der Waals surface area contributed by atoms with Crippen molar-refractivity contribution in [2.75, 3.05) is 44.9 Å². The van der Waals surface area contributed by atoms with Gasteiger partial charge in [0.1, 0.15) is 42.1 Å². The second-order valence-corrected chi connectivity index (χ2v) is 20.3. The summed E-state index contributed by atoms with van der Waals surface area (Å²) in [6.07, 6.45) is 6.02. The molecule has 3 unspecified atom stereocenters. The smallest absolute Gasteiger partial charge is 0.437 e. The van der Waals surface area contributed by atoms with E-state index in [-0.39, 0.29) is 47.0 Å². The molecule has 8 rings (SSSR count). The molecule has 27 heteroatoms. The maximum absolute atomic E-state index is 15.7. The Labute approximate surface area is 371 Å². The van der Waals surface area contributed by atoms with Crippen molar-refractivity contribution in [2.45, 2.75) is 121 Å². The lowest BCUT2D eigenvalue weighted by Crippen LogP contribution is -2.35. The van der Waals surface area contributed by atoms with Crippen LogP contribution in [0.4, 0.5) is 16.0 Å². The number of nitrogens with two attached hydrogens (primary N) is 2. The van der Waals surface area contributed by atoms with Crippen molar-refractivity contribution in [3.05, 3.63) is 25.3 Å². The number of rotatable bonds is 18. The third-order valence-corrected chi connectivity index (χ3v) is 14.8. The predicted molar refractivity (Wildman–Crippen MR) is 222 cm³/mol. The van der Waals surface area contributed by atoms with Crippen LogP contribution in [0.5, 0.6) is 0 Å². The van der Waals surface area contributed by atoms with E-state index in [0.717, 1.165) is 38.5 Å². The summed E-state index contributed by atoms with van der Waals surface area (Å²) in [4.78, 5) is 61.6. The first-order valence-electron chi connectivity index (χ1n) is 21.4. The molecule has 356 valence electrons. The van der Waals surface area contributed by atoms with E-state index in [1.54, 1.807) is 13.8 Å². The quantitative estimate of drug-likeness (QED) is 0.0671. The maximum Gasteiger partial charge on any atom is 0.478 e. The Balaban J connectivity index is 1.01. The number of ether oxygens (including phenoxy) is 4. The molecule has 0 spiro atoms. The minimum atomic E-state index is -4.93. The largest absolute Gasteiger partial charge is 0.478 e. The third-order valence-electron chi connectivity index (χ3n) is 12.5. The second kappa shape index (κ2) is 19.5. The summed E-state index contributed by atoms with van der Waals surface area (Å²) >= 11 is 0. The standard InChI is InChI=1S/C38H53FN10O14P2/c1-37(9-5-3-6-10-37)35(50)56-21-60-64(52,53)58-16-26-29(25(15-55-26)48-19-46-27-30(40)42-17-44-32(27)48)63-65(54,61-22-57-36(51)38(2)11-7-4-8-12-38)59-14-23-13-24(39)34(62-23)49-20-47-28-31(41)43-18-45-33(28)49/h17-20,23-26,29,34H,3-16,21-22H2,1-2H3,(H,52,53)(H2,40,42,44)(H2,41,43,45)/t23-,24+,25+,26+,29?,34+,65?/m0/s1. The minimum Gasteiger partial charge on any atom is -0.437 e. The molecule has 2 aliphatic heterocycles. The number of nitrogen functional groups attached to an aromatic ring is 2. The van der Waals surface area contributed by atoms with Crippen LogP contribution in [0.25, 0.3) is 22.3 Å². The number of phosphoric acid groups is 2. The van der Waals surface area contributed by atoms with E-state index in [4.69, 9.17) is 53.0 Å². The summed E-state index contributed by atoms with van der Waals surface area (Å²) < 4.78 is 97.3. The topological polar surface area (TPSA) is 311 Å². The Morgan fingerprint density at radius 1 is 0.785 bits per heavy atom. The highest BCUT2D eigenvalue weighted by Crippen LogP contribution is 2.55. The lowest BCUT2D eigenvalue weighted by atomic mass is 9.76. The summed E-state index contributed by atoms with van der Waals surface area (Å²) in [6.45, 7) is 0.364. The van der Waals surface area contributed by atoms with Gasteiger partial charge in [-0.2, -0.15) is 0 Å². The summed E-state index contributed by atoms with van der Waals surface area (Å²) in [7, 11) is -9.85. The number of fused-ring (bicyclic) bond motifs is 2. The first-order chi connectivity index (χ1) is 31.1. The fourth-order valence-electron chi connectivity index (χ4n) is 8.74. The average molecular weight is 955 g/mol. The third kappa shape index (κ3) is 10.5. The number of aromatic nitrogens is 8. The number of carbonyl (C=O) groups excluding carboxylic acids is 2. The fraction of sp³-hybridized carbons (Fsp3) is 0.684. The number of hydrogen-bond donors (Lipinski definition) is 3. The van der Waals surface area contributed by atoms with E-state index in [0.29, 0.717) is 25.7 Å². The predicted octanol–water partition coefficient (Wildman–Crippen LogP) is 5.00. The number of nitrogens with zero attached hydrogens (tertiary/aromatic N) is 8. The van der Waals surface area contributed by atoms with Gasteiger partial charge in [-0.25, -0.2) is 52.5 Å². The number of hydrogen-bond acceptors (Lipinski definition) is 21. The zero-order valence-corrected chi connectivity index (χ0v) is 37.6. The van der Waals surface area contributed by atoms with E-state index < -0.39 is 102 Å². The summed E-state index contributed by atoms with van der Waals surface area (Å²) in [5.41, 5.74) is 11.4. The molecule has 5 N–H and O–H groups in total. The van der Waals surface area contributed by atoms with Gasteiger partial charge in [-0.05, 0) is 39.5 Å². The molecule has 4 aliphatic rings. The number of halogens is 1. The Morgan fingerprint density at radius 2 is 1.34 bits per heavy atom. The molecule has 2 saturated carbocycles. The van der Waals surface area contributed by atoms with Crippen molar-refractivity contribution in [3.63, 3.8) is 0 Å². The highest BCUT2D eigenvalue weighted by atomic mass is 31.2. The van der Waals surface area contributed by atoms with Crippen LogP contribution in [-0.4, -0.2) is 114 Å². The van der Waals surface area contributed by atoms with Crippen LogP contribution in [0.2, 0.25) is 0 Å². The van der Waals surface area contributed by atoms with Gasteiger partial charge < -0.3 is 39.9 Å². The summed E-state index contributed by atoms with van der Waals surface area (Å²) in [5, 5.41) is 0. The molecule has 24 nitrogen and oxygen atoms in total. The second-order valence-electron chi connectivity index (χ2n) is 17.2. The summed E-state index contributed by atoms with van der Waals surface area (Å²) in [6, 6.07) is -0.963. The van der Waals surface area contributed by atoms with Crippen LogP contribution in [0.15, 0.2) is 25.3 Å². The molecule has 0 aromatic carbocycles. The van der Waals surface area contributed by atoms with Gasteiger partial charge in [0, 0.05) is 6.42 Å². The number of imidazole rings is 2. The SMILES string of the molecule is CC1(C(=O)OCOP(=O)(O)OC[C@H]2OC[C@@H](n3cnc4c(N)ncnc43)C2OP(=O)(OCOC(=O)C2(C)CCCCC2)OC[C@@H]2C[C@@H](F)[C@H](n3cnc4c(N)ncnc43)O2)CCCCC1. The van der Waals surface area contributed by atoms with Gasteiger partial charge in [0.2, 0.25) is 13.6 Å². The molecule has 4 aromatic heterocycles. The molecule has 2 saturated heterocycles. The summed E-state index contributed by atoms with van der Waals surface area (Å²) in [5.74, 6) is -0.981. The van der Waals surface area contributed by atoms with Crippen LogP contribution in [-0.2, 0) is 60.3 Å². The van der Waals surface area contributed by atoms with Crippen molar-refractivity contribution in [1.82, 2.24) is 39.0 Å². The van der Waals surface area contributed by atoms with E-state index in [2.05, 4.69) is 29.9 Å². The minimum absolute atomic E-state index is 0.0630. The van der Waals surface area contributed by atoms with Crippen molar-refractivity contribution >= 4 is 61.5 Å². The van der Waals surface area contributed by atoms with Crippen molar-refractivity contribution in [3.8, 4) is 0 Å². The van der Waals surface area contributed by atoms with Gasteiger partial charge in [0.15, 0.2) is 29.2 Å². The Morgan fingerprint density at radius 3 is 1.94 bits per heavy atom. The average Bonchev–Trinajstić information content (AvgIpc) is 4.08. The van der Waals surface area contributed by atoms with Crippen LogP contribution in [0.1, 0.15) is 96.7 Å². The van der Waals surface area contributed by atoms with Gasteiger partial charge in [-0.1, -0.05) is 38.5 Å². The van der Waals surface area contributed by atoms with Gasteiger partial charge in [-0.15, -0.1) is 0 Å². The molecular formula is C38H53FN10O14P2. The van der Waals surface area contributed by atoms with Crippen molar-refractivity contribution in [2.24, 2.45) is 10.8 Å². The Bertz CT molecular complexity index is 2430. The van der Waals surface area contributed by atoms with E-state index in [1.807, 2.05) is 0 Å². The number of carbonyl (C=O) groups is 2. The van der Waals surface area contributed by atoms with Crippen molar-refractivity contribution < 1.29 is 69.6 Å². The molecule has 4 aromatic rings. The van der Waals surface area contributed by atoms with Crippen molar-refractivity contribution in [1.29, 1.82) is 0 Å². The van der Waals surface area contributed by atoms with Gasteiger partial charge in [-0.3, -0.25) is 27.7 Å². The molecule has 0 radical (unpaired) electrons. The van der Waals surface area contributed by atoms with E-state index in [9.17, 15) is 23.6 Å². The molecular weight excluding hydrogens is 901 g/mol. The molecule has 6 heterocycles. The van der Waals surface area contributed by atoms with E-state index >= 15 is 4.39 Å². The van der Waals surface area contributed by atoms with Gasteiger partial charge >= 0.3 is 27.6 Å². The number of phosphoric ester groups is 2. The molecule has 8 atom stereocenters. The van der Waals surface area contributed by atoms with Crippen LogP contribution >= 0.6 is 15.6 Å². The lowest BCUT2D eigenvalue weighted by molar-refractivity contribution is -0.165. The van der Waals surface area contributed by atoms with Crippen LogP contribution in [0, 0.1) is 10.8 Å². The zero-order chi connectivity index (χ0) is 46.0. The number of alkyl halides is 1. The first kappa shape index (κ1) is 47.2. The molecule has 0 amide bonds. The highest BCUT2D eigenvalue weighted by Gasteiger charge is 2.48. The molecule has 0 bridgehead atoms. The molecule has 2 aliphatic carbocycles. The monoisotopic (exact) mass is 954 g/mol. The Kier molecular flexibility index (Phi) is 14.2. The molecule has 4 fully saturated rings. The normalized spacial score (nSPS) is 27.3. The van der Waals surface area contributed by atoms with E-state index in [1.165, 1.54) is 34.4 Å². The fourth-order valence-corrected chi connectivity index (χ4v) is 10.6. The molecule has 65 heavy (non-hydrogen) atoms. The zero-order valence-electron chi connectivity index (χ0n) is 35.8. The number of anilines is 2. The Hall–Kier alpha value is -4.29. The highest BCUT2D eigenvalue weighted by molar-refractivity contribution is 7.48. The first-order valence-corrected chi connectivity index (χ1v) is 24.3. The van der Waals surface area contributed by atoms with Gasteiger partial charge in [0.25, 0.3) is 0 Å². The number of esters is 2. The lowest BCUT2D eigenvalue weighted by Gasteiger charge is -2.31.